The molecule has 0 unspecified atom stereocenters. The van der Waals surface area contributed by atoms with Crippen molar-refractivity contribution in [3.63, 3.8) is 0 Å². The molecule has 0 bridgehead atoms. The Balaban J connectivity index is 2.19. The molecule has 4 N–H and O–H groups in total. The van der Waals surface area contributed by atoms with Crippen molar-refractivity contribution in [1.82, 2.24) is 4.31 Å². The van der Waals surface area contributed by atoms with Gasteiger partial charge in [-0.05, 0) is 18.2 Å². The highest BCUT2D eigenvalue weighted by Gasteiger charge is 2.24. The van der Waals surface area contributed by atoms with E-state index < -0.39 is 10.2 Å². The molecular formula is C11H15ClN4O4S. The molecule has 1 aromatic rings. The zero-order valence-corrected chi connectivity index (χ0v) is 12.6. The number of hydrogen-bond donors (Lipinski definition) is 3. The van der Waals surface area contributed by atoms with E-state index in [1.807, 2.05) is 0 Å². The van der Waals surface area contributed by atoms with Crippen LogP contribution in [0.15, 0.2) is 23.4 Å². The van der Waals surface area contributed by atoms with Crippen LogP contribution in [0.3, 0.4) is 0 Å². The number of nitrogens with zero attached hydrogens (tertiary/aromatic N) is 2. The lowest BCUT2D eigenvalue weighted by Gasteiger charge is -2.26. The van der Waals surface area contributed by atoms with Gasteiger partial charge in [0.15, 0.2) is 5.84 Å². The van der Waals surface area contributed by atoms with E-state index in [-0.39, 0.29) is 29.6 Å². The summed E-state index contributed by atoms with van der Waals surface area (Å²) in [7, 11) is -3.69. The molecule has 0 atom stereocenters. The van der Waals surface area contributed by atoms with E-state index in [2.05, 4.69) is 9.88 Å². The van der Waals surface area contributed by atoms with E-state index in [4.69, 9.17) is 27.3 Å². The van der Waals surface area contributed by atoms with Gasteiger partial charge in [-0.25, -0.2) is 0 Å². The SMILES string of the molecule is N/C(=N/O)c1ccc(NS(=O)(=O)N2CCOCC2)c(Cl)c1. The van der Waals surface area contributed by atoms with Crippen LogP contribution in [0.5, 0.6) is 0 Å². The molecule has 8 nitrogen and oxygen atoms in total. The highest BCUT2D eigenvalue weighted by atomic mass is 35.5. The average molecular weight is 335 g/mol. The summed E-state index contributed by atoms with van der Waals surface area (Å²) in [5.74, 6) is -0.112. The first-order valence-electron chi connectivity index (χ1n) is 6.07. The van der Waals surface area contributed by atoms with E-state index in [1.54, 1.807) is 0 Å². The molecule has 1 fully saturated rings. The minimum absolute atomic E-state index is 0.112. The summed E-state index contributed by atoms with van der Waals surface area (Å²) in [6, 6.07) is 4.36. The zero-order chi connectivity index (χ0) is 15.5. The number of halogens is 1. The normalized spacial score (nSPS) is 17.7. The van der Waals surface area contributed by atoms with Crippen molar-refractivity contribution in [3.05, 3.63) is 28.8 Å². The predicted octanol–water partition coefficient (Wildman–Crippen LogP) is 0.423. The molecule has 0 radical (unpaired) electrons. The Bertz CT molecular complexity index is 644. The number of ether oxygens (including phenoxy) is 1. The zero-order valence-electron chi connectivity index (χ0n) is 11.0. The third-order valence-corrected chi connectivity index (χ3v) is 4.76. The van der Waals surface area contributed by atoms with Crippen molar-refractivity contribution in [3.8, 4) is 0 Å². The van der Waals surface area contributed by atoms with Crippen LogP contribution in [-0.4, -0.2) is 50.1 Å². The molecule has 116 valence electrons. The lowest BCUT2D eigenvalue weighted by Crippen LogP contribution is -2.43. The van der Waals surface area contributed by atoms with Crippen molar-refractivity contribution in [2.24, 2.45) is 10.9 Å². The molecule has 1 aromatic carbocycles. The van der Waals surface area contributed by atoms with Crippen molar-refractivity contribution in [2.45, 2.75) is 0 Å². The fourth-order valence-electron chi connectivity index (χ4n) is 1.81. The maximum Gasteiger partial charge on any atom is 0.301 e. The van der Waals surface area contributed by atoms with Gasteiger partial charge in [-0.2, -0.15) is 12.7 Å². The highest BCUT2D eigenvalue weighted by Crippen LogP contribution is 2.25. The Hall–Kier alpha value is -1.55. The molecule has 2 rings (SSSR count). The van der Waals surface area contributed by atoms with Gasteiger partial charge >= 0.3 is 10.2 Å². The van der Waals surface area contributed by atoms with Crippen molar-refractivity contribution >= 4 is 33.3 Å². The topological polar surface area (TPSA) is 117 Å². The van der Waals surface area contributed by atoms with Crippen LogP contribution in [0.1, 0.15) is 5.56 Å². The molecule has 0 spiro atoms. The summed E-state index contributed by atoms with van der Waals surface area (Å²) >= 11 is 6.01. The number of oxime groups is 1. The molecule has 1 saturated heterocycles. The summed E-state index contributed by atoms with van der Waals surface area (Å²) in [6.07, 6.45) is 0. The fourth-order valence-corrected chi connectivity index (χ4v) is 3.30. The van der Waals surface area contributed by atoms with E-state index in [9.17, 15) is 8.42 Å². The van der Waals surface area contributed by atoms with Gasteiger partial charge in [0, 0.05) is 18.7 Å². The van der Waals surface area contributed by atoms with Crippen LogP contribution >= 0.6 is 11.6 Å². The lowest BCUT2D eigenvalue weighted by molar-refractivity contribution is 0.0733. The lowest BCUT2D eigenvalue weighted by atomic mass is 10.2. The molecule has 21 heavy (non-hydrogen) atoms. The number of morpholine rings is 1. The smallest absolute Gasteiger partial charge is 0.301 e. The van der Waals surface area contributed by atoms with Crippen molar-refractivity contribution < 1.29 is 18.4 Å². The van der Waals surface area contributed by atoms with Crippen LogP contribution in [0.25, 0.3) is 0 Å². The van der Waals surface area contributed by atoms with Gasteiger partial charge in [-0.15, -0.1) is 0 Å². The number of hydrogen-bond acceptors (Lipinski definition) is 5. The van der Waals surface area contributed by atoms with Gasteiger partial charge in [-0.3, -0.25) is 4.72 Å². The Kier molecular flexibility index (Phi) is 4.88. The van der Waals surface area contributed by atoms with Gasteiger partial charge in [0.1, 0.15) is 0 Å². The van der Waals surface area contributed by atoms with Gasteiger partial charge in [0.05, 0.1) is 23.9 Å². The summed E-state index contributed by atoms with van der Waals surface area (Å²) in [6.45, 7) is 1.29. The Morgan fingerprint density at radius 3 is 2.67 bits per heavy atom. The first-order chi connectivity index (χ1) is 9.94. The van der Waals surface area contributed by atoms with Gasteiger partial charge in [-0.1, -0.05) is 16.8 Å². The average Bonchev–Trinajstić information content (AvgIpc) is 2.49. The summed E-state index contributed by atoms with van der Waals surface area (Å²) in [4.78, 5) is 0. The maximum absolute atomic E-state index is 12.2. The summed E-state index contributed by atoms with van der Waals surface area (Å²) < 4.78 is 33.2. The molecule has 0 amide bonds. The number of anilines is 1. The molecule has 1 aliphatic heterocycles. The Morgan fingerprint density at radius 2 is 2.10 bits per heavy atom. The van der Waals surface area contributed by atoms with E-state index in [0.717, 1.165) is 0 Å². The first kappa shape index (κ1) is 15.8. The number of rotatable bonds is 4. The van der Waals surface area contributed by atoms with Crippen LogP contribution in [0, 0.1) is 0 Å². The maximum atomic E-state index is 12.2. The molecule has 0 aliphatic carbocycles. The minimum Gasteiger partial charge on any atom is -0.409 e. The monoisotopic (exact) mass is 334 g/mol. The van der Waals surface area contributed by atoms with Crippen LogP contribution < -0.4 is 10.5 Å². The van der Waals surface area contributed by atoms with Crippen LogP contribution in [-0.2, 0) is 14.9 Å². The van der Waals surface area contributed by atoms with Gasteiger partial charge in [0.25, 0.3) is 0 Å². The van der Waals surface area contributed by atoms with E-state index in [1.165, 1.54) is 22.5 Å². The second kappa shape index (κ2) is 6.48. The second-order valence-electron chi connectivity index (χ2n) is 4.30. The molecular weight excluding hydrogens is 320 g/mol. The quantitative estimate of drug-likeness (QED) is 0.319. The largest absolute Gasteiger partial charge is 0.409 e. The van der Waals surface area contributed by atoms with Crippen molar-refractivity contribution in [2.75, 3.05) is 31.0 Å². The standard InChI is InChI=1S/C11H15ClN4O4S/c12-9-7-8(11(13)14-17)1-2-10(9)15-21(18,19)16-3-5-20-6-4-16/h1-2,7,15,17H,3-6H2,(H2,13,14). The summed E-state index contributed by atoms with van der Waals surface area (Å²) in [5.41, 5.74) is 6.04. The first-order valence-corrected chi connectivity index (χ1v) is 7.89. The van der Waals surface area contributed by atoms with E-state index in [0.29, 0.717) is 18.8 Å². The third kappa shape index (κ3) is 3.76. The molecule has 1 aliphatic rings. The highest BCUT2D eigenvalue weighted by molar-refractivity contribution is 7.90. The van der Waals surface area contributed by atoms with Gasteiger partial charge < -0.3 is 15.7 Å². The third-order valence-electron chi connectivity index (χ3n) is 2.92. The molecule has 1 heterocycles. The number of benzene rings is 1. The van der Waals surface area contributed by atoms with E-state index >= 15 is 0 Å². The van der Waals surface area contributed by atoms with Crippen LogP contribution in [0.2, 0.25) is 5.02 Å². The van der Waals surface area contributed by atoms with Gasteiger partial charge in [0.2, 0.25) is 0 Å². The number of nitrogens with two attached hydrogens (primary N) is 1. The minimum atomic E-state index is -3.69. The number of nitrogens with one attached hydrogen (secondary N) is 1. The predicted molar refractivity (Wildman–Crippen MR) is 78.9 cm³/mol. The summed E-state index contributed by atoms with van der Waals surface area (Å²) in [5, 5.41) is 11.6. The molecule has 10 heteroatoms. The molecule has 0 saturated carbocycles. The van der Waals surface area contributed by atoms with Crippen LogP contribution in [0.4, 0.5) is 5.69 Å². The second-order valence-corrected chi connectivity index (χ2v) is 6.38. The number of amidine groups is 1. The Labute approximate surface area is 127 Å². The van der Waals surface area contributed by atoms with Crippen molar-refractivity contribution in [1.29, 1.82) is 0 Å². The Morgan fingerprint density at radius 1 is 1.43 bits per heavy atom. The molecule has 0 aromatic heterocycles. The fraction of sp³-hybridized carbons (Fsp3) is 0.364.